The van der Waals surface area contributed by atoms with E-state index in [1.807, 2.05) is 44.2 Å². The lowest BCUT2D eigenvalue weighted by atomic mass is 9.94. The number of esters is 1. The van der Waals surface area contributed by atoms with Gasteiger partial charge < -0.3 is 4.74 Å². The van der Waals surface area contributed by atoms with Gasteiger partial charge in [0, 0.05) is 15.3 Å². The first-order valence-corrected chi connectivity index (χ1v) is 10.1. The molecule has 29 heavy (non-hydrogen) atoms. The van der Waals surface area contributed by atoms with Crippen molar-refractivity contribution in [3.05, 3.63) is 70.6 Å². The molecule has 0 saturated carbocycles. The van der Waals surface area contributed by atoms with Gasteiger partial charge in [-0.25, -0.2) is 4.79 Å². The number of thiophene rings is 1. The molecular formula is C23H21F3O2S. The SMILES string of the molecule is CCOC(=O)c1c(C(C)C)sc(-c2ccccc2)c1-c1cccc(C(F)(F)F)c1. The Morgan fingerprint density at radius 1 is 1.03 bits per heavy atom. The van der Waals surface area contributed by atoms with E-state index in [0.29, 0.717) is 16.7 Å². The molecule has 1 aromatic heterocycles. The van der Waals surface area contributed by atoms with Gasteiger partial charge in [0.2, 0.25) is 0 Å². The van der Waals surface area contributed by atoms with Crippen molar-refractivity contribution in [2.45, 2.75) is 32.9 Å². The first-order valence-electron chi connectivity index (χ1n) is 9.30. The molecule has 0 radical (unpaired) electrons. The van der Waals surface area contributed by atoms with Gasteiger partial charge in [0.15, 0.2) is 0 Å². The summed E-state index contributed by atoms with van der Waals surface area (Å²) in [6.07, 6.45) is -4.47. The van der Waals surface area contributed by atoms with Crippen LogP contribution in [0.3, 0.4) is 0 Å². The van der Waals surface area contributed by atoms with E-state index in [9.17, 15) is 18.0 Å². The largest absolute Gasteiger partial charge is 0.462 e. The highest BCUT2D eigenvalue weighted by atomic mass is 32.1. The number of carbonyl (C=O) groups excluding carboxylic acids is 1. The molecule has 0 atom stereocenters. The van der Waals surface area contributed by atoms with Crippen molar-refractivity contribution in [2.24, 2.45) is 0 Å². The Hall–Kier alpha value is -2.60. The second-order valence-corrected chi connectivity index (χ2v) is 7.92. The standard InChI is InChI=1S/C23H21F3O2S/c1-4-28-22(27)19-18(16-11-8-12-17(13-16)23(24,25)26)21(29-20(19)14(2)3)15-9-6-5-7-10-15/h5-14H,4H2,1-3H3. The van der Waals surface area contributed by atoms with E-state index in [4.69, 9.17) is 4.74 Å². The van der Waals surface area contributed by atoms with Gasteiger partial charge in [-0.3, -0.25) is 0 Å². The molecule has 6 heteroatoms. The van der Waals surface area contributed by atoms with E-state index in [0.717, 1.165) is 27.5 Å². The molecule has 2 nitrogen and oxygen atoms in total. The fourth-order valence-corrected chi connectivity index (χ4v) is 4.50. The minimum atomic E-state index is -4.47. The Kier molecular flexibility index (Phi) is 6.13. The van der Waals surface area contributed by atoms with E-state index in [2.05, 4.69) is 0 Å². The van der Waals surface area contributed by atoms with Gasteiger partial charge in [-0.2, -0.15) is 13.2 Å². The maximum atomic E-state index is 13.3. The Bertz CT molecular complexity index is 1000. The van der Waals surface area contributed by atoms with E-state index >= 15 is 0 Å². The lowest BCUT2D eigenvalue weighted by Gasteiger charge is -2.13. The molecule has 1 heterocycles. The first-order chi connectivity index (χ1) is 13.7. The van der Waals surface area contributed by atoms with Gasteiger partial charge >= 0.3 is 12.1 Å². The molecule has 0 fully saturated rings. The Labute approximate surface area is 172 Å². The van der Waals surface area contributed by atoms with E-state index < -0.39 is 17.7 Å². The first kappa shape index (κ1) is 21.1. The number of rotatable bonds is 5. The van der Waals surface area contributed by atoms with Crippen LogP contribution < -0.4 is 0 Å². The normalized spacial score (nSPS) is 11.7. The molecule has 0 aliphatic heterocycles. The molecule has 0 saturated heterocycles. The predicted octanol–water partition coefficient (Wildman–Crippen LogP) is 7.40. The summed E-state index contributed by atoms with van der Waals surface area (Å²) >= 11 is 1.43. The van der Waals surface area contributed by atoms with E-state index in [-0.39, 0.29) is 12.5 Å². The Balaban J connectivity index is 2.35. The van der Waals surface area contributed by atoms with Crippen LogP contribution in [0.15, 0.2) is 54.6 Å². The second kappa shape index (κ2) is 8.41. The van der Waals surface area contributed by atoms with Gasteiger partial charge in [-0.05, 0) is 36.1 Å². The number of alkyl halides is 3. The maximum Gasteiger partial charge on any atom is 0.416 e. The minimum Gasteiger partial charge on any atom is -0.462 e. The summed E-state index contributed by atoms with van der Waals surface area (Å²) < 4.78 is 45.3. The fraction of sp³-hybridized carbons (Fsp3) is 0.261. The van der Waals surface area contributed by atoms with Crippen molar-refractivity contribution in [3.8, 4) is 21.6 Å². The smallest absolute Gasteiger partial charge is 0.416 e. The third-order valence-electron chi connectivity index (χ3n) is 4.45. The molecule has 0 N–H and O–H groups in total. The molecule has 152 valence electrons. The monoisotopic (exact) mass is 418 g/mol. The van der Waals surface area contributed by atoms with Crippen LogP contribution in [0.25, 0.3) is 21.6 Å². The molecule has 2 aromatic carbocycles. The highest BCUT2D eigenvalue weighted by Gasteiger charge is 2.32. The van der Waals surface area contributed by atoms with Gasteiger partial charge in [-0.15, -0.1) is 11.3 Å². The van der Waals surface area contributed by atoms with Crippen LogP contribution in [0.4, 0.5) is 13.2 Å². The highest BCUT2D eigenvalue weighted by Crippen LogP contribution is 2.46. The number of carbonyl (C=O) groups is 1. The van der Waals surface area contributed by atoms with Crippen molar-refractivity contribution in [1.29, 1.82) is 0 Å². The summed E-state index contributed by atoms with van der Waals surface area (Å²) in [6.45, 7) is 5.81. The molecular weight excluding hydrogens is 397 g/mol. The van der Waals surface area contributed by atoms with Crippen LogP contribution in [0.5, 0.6) is 0 Å². The molecule has 3 rings (SSSR count). The number of benzene rings is 2. The highest BCUT2D eigenvalue weighted by molar-refractivity contribution is 7.16. The van der Waals surface area contributed by atoms with Crippen LogP contribution in [-0.4, -0.2) is 12.6 Å². The number of halogens is 3. The van der Waals surface area contributed by atoms with Crippen LogP contribution in [0.2, 0.25) is 0 Å². The average Bonchev–Trinajstić information content (AvgIpc) is 3.09. The van der Waals surface area contributed by atoms with E-state index in [1.54, 1.807) is 13.0 Å². The Morgan fingerprint density at radius 2 is 1.69 bits per heavy atom. The van der Waals surface area contributed by atoms with Crippen LogP contribution >= 0.6 is 11.3 Å². The van der Waals surface area contributed by atoms with Gasteiger partial charge in [0.05, 0.1) is 17.7 Å². The lowest BCUT2D eigenvalue weighted by molar-refractivity contribution is -0.137. The maximum absolute atomic E-state index is 13.3. The molecule has 0 bridgehead atoms. The molecule has 0 spiro atoms. The van der Waals surface area contributed by atoms with Crippen molar-refractivity contribution in [2.75, 3.05) is 6.61 Å². The zero-order valence-electron chi connectivity index (χ0n) is 16.3. The van der Waals surface area contributed by atoms with Crippen LogP contribution in [0, 0.1) is 0 Å². The molecule has 0 aliphatic rings. The number of ether oxygens (including phenoxy) is 1. The van der Waals surface area contributed by atoms with Crippen LogP contribution in [-0.2, 0) is 10.9 Å². The molecule has 0 amide bonds. The van der Waals surface area contributed by atoms with Crippen LogP contribution in [0.1, 0.15) is 47.5 Å². The predicted molar refractivity (Wildman–Crippen MR) is 110 cm³/mol. The minimum absolute atomic E-state index is 0.0152. The fourth-order valence-electron chi connectivity index (χ4n) is 3.18. The van der Waals surface area contributed by atoms with Crippen molar-refractivity contribution in [3.63, 3.8) is 0 Å². The quantitative estimate of drug-likeness (QED) is 0.404. The number of hydrogen-bond acceptors (Lipinski definition) is 3. The Morgan fingerprint density at radius 3 is 2.28 bits per heavy atom. The average molecular weight is 418 g/mol. The zero-order chi connectivity index (χ0) is 21.2. The summed E-state index contributed by atoms with van der Waals surface area (Å²) in [5.74, 6) is -0.497. The summed E-state index contributed by atoms with van der Waals surface area (Å²) in [5, 5.41) is 0. The lowest BCUT2D eigenvalue weighted by Crippen LogP contribution is -2.09. The summed E-state index contributed by atoms with van der Waals surface area (Å²) in [7, 11) is 0. The van der Waals surface area contributed by atoms with Crippen molar-refractivity contribution in [1.82, 2.24) is 0 Å². The topological polar surface area (TPSA) is 26.3 Å². The summed E-state index contributed by atoms with van der Waals surface area (Å²) in [5.41, 5.74) is 1.30. The summed E-state index contributed by atoms with van der Waals surface area (Å²) in [6, 6.07) is 14.5. The third-order valence-corrected chi connectivity index (χ3v) is 5.99. The van der Waals surface area contributed by atoms with Gasteiger partial charge in [0.25, 0.3) is 0 Å². The van der Waals surface area contributed by atoms with Crippen molar-refractivity contribution < 1.29 is 22.7 Å². The van der Waals surface area contributed by atoms with E-state index in [1.165, 1.54) is 17.4 Å². The van der Waals surface area contributed by atoms with Gasteiger partial charge in [0.1, 0.15) is 0 Å². The van der Waals surface area contributed by atoms with Gasteiger partial charge in [-0.1, -0.05) is 56.3 Å². The molecule has 0 unspecified atom stereocenters. The molecule has 0 aliphatic carbocycles. The second-order valence-electron chi connectivity index (χ2n) is 6.87. The molecule has 3 aromatic rings. The zero-order valence-corrected chi connectivity index (χ0v) is 17.2. The number of hydrogen-bond donors (Lipinski definition) is 0. The summed E-state index contributed by atoms with van der Waals surface area (Å²) in [4.78, 5) is 14.4. The van der Waals surface area contributed by atoms with Crippen molar-refractivity contribution >= 4 is 17.3 Å². The third kappa shape index (κ3) is 4.37.